The highest BCUT2D eigenvalue weighted by molar-refractivity contribution is 9.08. The highest BCUT2D eigenvalue weighted by Gasteiger charge is 2.24. The highest BCUT2D eigenvalue weighted by Crippen LogP contribution is 2.21. The van der Waals surface area contributed by atoms with Crippen LogP contribution in [0.5, 0.6) is 0 Å². The van der Waals surface area contributed by atoms with Crippen LogP contribution < -0.4 is 0 Å². The van der Waals surface area contributed by atoms with Gasteiger partial charge in [-0.2, -0.15) is 15.0 Å². The predicted molar refractivity (Wildman–Crippen MR) is 177 cm³/mol. The Morgan fingerprint density at radius 3 is 1.68 bits per heavy atom. The average molecular weight is 698 g/mol. The van der Waals surface area contributed by atoms with Crippen LogP contribution in [0.15, 0.2) is 86.4 Å². The van der Waals surface area contributed by atoms with Gasteiger partial charge in [-0.05, 0) is 28.8 Å². The second kappa shape index (κ2) is 14.6. The molecule has 6 aromatic rings. The van der Waals surface area contributed by atoms with E-state index in [1.165, 1.54) is 5.56 Å². The Hall–Kier alpha value is -5.01. The molecule has 13 heteroatoms. The Kier molecular flexibility index (Phi) is 9.93. The van der Waals surface area contributed by atoms with Crippen molar-refractivity contribution in [2.24, 2.45) is 0 Å². The summed E-state index contributed by atoms with van der Waals surface area (Å²) in [7, 11) is 0. The first kappa shape index (κ1) is 32.0. The van der Waals surface area contributed by atoms with E-state index in [2.05, 4.69) is 57.3 Å². The van der Waals surface area contributed by atoms with Gasteiger partial charge in [0.15, 0.2) is 0 Å². The molecule has 240 valence electrons. The van der Waals surface area contributed by atoms with E-state index in [0.717, 1.165) is 39.7 Å². The second-order valence-corrected chi connectivity index (χ2v) is 11.7. The number of amides is 1. The second-order valence-electron chi connectivity index (χ2n) is 11.2. The monoisotopic (exact) mass is 696 g/mol. The molecule has 0 radical (unpaired) electrons. The van der Waals surface area contributed by atoms with Crippen molar-refractivity contribution < 1.29 is 18.4 Å². The van der Waals surface area contributed by atoms with Crippen LogP contribution in [0.3, 0.4) is 0 Å². The van der Waals surface area contributed by atoms with Crippen LogP contribution in [0, 0.1) is 20.8 Å². The van der Waals surface area contributed by atoms with Crippen LogP contribution in [-0.4, -0.2) is 65.8 Å². The molecule has 1 aliphatic rings. The molecule has 1 saturated heterocycles. The number of hydrogen-bond donors (Lipinski definition) is 0. The number of nitrogens with zero attached hydrogens (tertiary/aromatic N) is 8. The lowest BCUT2D eigenvalue weighted by molar-refractivity contribution is -0.136. The number of rotatable bonds is 8. The smallest absolute Gasteiger partial charge is 0.237 e. The molecular formula is C34H33BrN8O4. The predicted octanol–water partition coefficient (Wildman–Crippen LogP) is 6.19. The molecule has 1 fully saturated rings. The number of benzene rings is 3. The molecular weight excluding hydrogens is 664 g/mol. The minimum absolute atomic E-state index is 0.129. The summed E-state index contributed by atoms with van der Waals surface area (Å²) in [6.07, 6.45) is 0. The minimum atomic E-state index is 0.129. The van der Waals surface area contributed by atoms with Crippen molar-refractivity contribution in [2.45, 2.75) is 39.2 Å². The van der Waals surface area contributed by atoms with E-state index < -0.39 is 0 Å². The van der Waals surface area contributed by atoms with Gasteiger partial charge in [0.1, 0.15) is 0 Å². The van der Waals surface area contributed by atoms with E-state index in [9.17, 15) is 4.79 Å². The van der Waals surface area contributed by atoms with Crippen LogP contribution in [0.2, 0.25) is 0 Å². The molecule has 3 aromatic carbocycles. The lowest BCUT2D eigenvalue weighted by Crippen LogP contribution is -2.49. The molecule has 1 amide bonds. The largest absolute Gasteiger partial charge is 0.339 e. The Morgan fingerprint density at radius 1 is 0.638 bits per heavy atom. The van der Waals surface area contributed by atoms with Crippen LogP contribution in [-0.2, 0) is 23.2 Å². The highest BCUT2D eigenvalue weighted by atomic mass is 79.9. The van der Waals surface area contributed by atoms with Crippen molar-refractivity contribution in [1.82, 2.24) is 40.2 Å². The number of piperazine rings is 1. The number of halogens is 1. The standard InChI is InChI=1S/C24H24N6O3.C10H9BrN2O/c1-16-25-23(27-32-16)20-8-6-18(7-9-20)14-30-11-10-29(15-22(30)31)13-19-4-3-5-21(12-19)24-26-17(2)33-28-24;1-7-12-10(13-14-7)9-4-2-3-8(5-9)6-11/h3-9,12H,10-11,13-15H2,1-2H3;2-5H,6H2,1H3. The molecule has 4 heterocycles. The zero-order chi connectivity index (χ0) is 32.8. The lowest BCUT2D eigenvalue weighted by Gasteiger charge is -2.34. The molecule has 7 rings (SSSR count). The Labute approximate surface area is 279 Å². The maximum absolute atomic E-state index is 12.8. The maximum atomic E-state index is 12.8. The summed E-state index contributed by atoms with van der Waals surface area (Å²) >= 11 is 3.41. The molecule has 3 aromatic heterocycles. The van der Waals surface area contributed by atoms with Crippen LogP contribution in [0.25, 0.3) is 34.2 Å². The maximum Gasteiger partial charge on any atom is 0.237 e. The van der Waals surface area contributed by atoms with E-state index in [-0.39, 0.29) is 5.91 Å². The molecule has 1 aliphatic heterocycles. The van der Waals surface area contributed by atoms with Gasteiger partial charge in [0.05, 0.1) is 6.54 Å². The summed E-state index contributed by atoms with van der Waals surface area (Å²) in [6, 6.07) is 24.0. The van der Waals surface area contributed by atoms with Gasteiger partial charge in [-0.25, -0.2) is 0 Å². The van der Waals surface area contributed by atoms with Crippen LogP contribution in [0.4, 0.5) is 0 Å². The summed E-state index contributed by atoms with van der Waals surface area (Å²) in [5.41, 5.74) is 6.18. The molecule has 0 bridgehead atoms. The van der Waals surface area contributed by atoms with E-state index in [1.54, 1.807) is 20.8 Å². The SMILES string of the molecule is Cc1nc(-c2ccc(CN3CCN(Cc4cccc(-c5noc(C)n5)c4)CC3=O)cc2)no1.Cc1nc(-c2cccc(CBr)c2)no1. The van der Waals surface area contributed by atoms with Crippen molar-refractivity contribution in [3.05, 3.63) is 107 Å². The third kappa shape index (κ3) is 8.23. The number of carbonyl (C=O) groups excluding carboxylic acids is 1. The van der Waals surface area contributed by atoms with Gasteiger partial charge < -0.3 is 18.5 Å². The van der Waals surface area contributed by atoms with E-state index in [0.29, 0.717) is 61.3 Å². The van der Waals surface area contributed by atoms with Crippen molar-refractivity contribution in [1.29, 1.82) is 0 Å². The first-order valence-electron chi connectivity index (χ1n) is 15.1. The van der Waals surface area contributed by atoms with E-state index in [4.69, 9.17) is 13.6 Å². The van der Waals surface area contributed by atoms with Crippen LogP contribution >= 0.6 is 15.9 Å². The van der Waals surface area contributed by atoms with Crippen molar-refractivity contribution in [3.63, 3.8) is 0 Å². The number of aromatic nitrogens is 6. The summed E-state index contributed by atoms with van der Waals surface area (Å²) in [5, 5.41) is 12.6. The Morgan fingerprint density at radius 2 is 1.17 bits per heavy atom. The molecule has 0 unspecified atom stereocenters. The molecule has 0 aliphatic carbocycles. The molecule has 12 nitrogen and oxygen atoms in total. The summed E-state index contributed by atoms with van der Waals surface area (Å²) < 4.78 is 15.0. The van der Waals surface area contributed by atoms with Gasteiger partial charge in [0.2, 0.25) is 41.1 Å². The molecule has 0 N–H and O–H groups in total. The van der Waals surface area contributed by atoms with Gasteiger partial charge >= 0.3 is 0 Å². The van der Waals surface area contributed by atoms with Crippen LogP contribution in [0.1, 0.15) is 34.4 Å². The van der Waals surface area contributed by atoms with Gasteiger partial charge in [0, 0.05) is 69.0 Å². The summed E-state index contributed by atoms with van der Waals surface area (Å²) in [4.78, 5) is 29.6. The molecule has 0 atom stereocenters. The number of aryl methyl sites for hydroxylation is 3. The zero-order valence-corrected chi connectivity index (χ0v) is 27.8. The number of alkyl halides is 1. The molecule has 0 saturated carbocycles. The third-order valence-electron chi connectivity index (χ3n) is 7.50. The molecule has 0 spiro atoms. The third-order valence-corrected chi connectivity index (χ3v) is 8.14. The topological polar surface area (TPSA) is 140 Å². The lowest BCUT2D eigenvalue weighted by atomic mass is 10.1. The Bertz CT molecular complexity index is 1950. The summed E-state index contributed by atoms with van der Waals surface area (Å²) in [6.45, 7) is 8.51. The first-order valence-corrected chi connectivity index (χ1v) is 16.2. The average Bonchev–Trinajstić information content (AvgIpc) is 3.84. The van der Waals surface area contributed by atoms with Crippen molar-refractivity contribution in [3.8, 4) is 34.2 Å². The van der Waals surface area contributed by atoms with Crippen molar-refractivity contribution in [2.75, 3.05) is 19.6 Å². The Balaban J connectivity index is 0.000000230. The van der Waals surface area contributed by atoms with E-state index >= 15 is 0 Å². The van der Waals surface area contributed by atoms with Gasteiger partial charge in [-0.3, -0.25) is 9.69 Å². The fraction of sp³-hybridized carbons (Fsp3) is 0.265. The quantitative estimate of drug-likeness (QED) is 0.168. The zero-order valence-electron chi connectivity index (χ0n) is 26.3. The number of carbonyl (C=O) groups is 1. The van der Waals surface area contributed by atoms with Gasteiger partial charge in [-0.1, -0.05) is 92.1 Å². The first-order chi connectivity index (χ1) is 22.8. The fourth-order valence-electron chi connectivity index (χ4n) is 5.15. The van der Waals surface area contributed by atoms with Gasteiger partial charge in [0.25, 0.3) is 0 Å². The minimum Gasteiger partial charge on any atom is -0.339 e. The summed E-state index contributed by atoms with van der Waals surface area (Å²) in [5.74, 6) is 3.59. The van der Waals surface area contributed by atoms with Gasteiger partial charge in [-0.15, -0.1) is 0 Å². The van der Waals surface area contributed by atoms with Crippen molar-refractivity contribution >= 4 is 21.8 Å². The number of hydrogen-bond acceptors (Lipinski definition) is 11. The normalized spacial score (nSPS) is 13.4. The van der Waals surface area contributed by atoms with E-state index in [1.807, 2.05) is 71.6 Å². The fourth-order valence-corrected chi connectivity index (χ4v) is 5.50. The molecule has 47 heavy (non-hydrogen) atoms.